The monoisotopic (exact) mass is 621 g/mol. The molecule has 0 aromatic heterocycles. The Labute approximate surface area is 261 Å². The van der Waals surface area contributed by atoms with Gasteiger partial charge in [-0.2, -0.15) is 0 Å². The number of halogens is 2. The van der Waals surface area contributed by atoms with Crippen molar-refractivity contribution in [2.24, 2.45) is 22.7 Å². The zero-order valence-electron chi connectivity index (χ0n) is 25.7. The van der Waals surface area contributed by atoms with E-state index < -0.39 is 77.1 Å². The molecule has 9 heteroatoms. The summed E-state index contributed by atoms with van der Waals surface area (Å²) in [6.45, 7) is 4.64. The van der Waals surface area contributed by atoms with E-state index in [4.69, 9.17) is 15.2 Å². The fourth-order valence-corrected chi connectivity index (χ4v) is 9.79. The van der Waals surface area contributed by atoms with Crippen LogP contribution < -0.4 is 5.73 Å². The molecule has 5 N–H and O–H groups in total. The summed E-state index contributed by atoms with van der Waals surface area (Å²) in [5.41, 5.74) is 3.09. The lowest BCUT2D eigenvalue weighted by Crippen LogP contribution is -2.70. The summed E-state index contributed by atoms with van der Waals surface area (Å²) in [5, 5.41) is 32.1. The molecule has 1 unspecified atom stereocenters. The maximum atomic E-state index is 17.6. The smallest absolute Gasteiger partial charge is 0.193 e. The average molecular weight is 622 g/mol. The number of benzene rings is 2. The number of ether oxygens (including phenoxy) is 2. The Hall–Kier alpha value is -2.95. The number of fused-ring (bicyclic) bond motifs is 7. The number of Topliss-reactive ketones (excluding diaryl/α,β-unsaturated/α-hetero) is 1. The molecule has 0 spiro atoms. The number of allylic oxidation sites excluding steroid dienone is 2. The van der Waals surface area contributed by atoms with E-state index in [0.717, 1.165) is 11.1 Å². The van der Waals surface area contributed by atoms with Gasteiger partial charge in [0.2, 0.25) is 0 Å². The standard InChI is InChI=1S/C36H41F2NO6/c1-19(22-5-4-6-23(39)13-22)20-7-9-21(10-8-20)32-44-31-16-25-26-15-28(37)27-14-24(41)11-12-33(27,2)35(26,38)29(42)17-34(25,3)36(31,45-32)30(43)18-40/h4-14,19,24-26,28-29,31-32,40-42H,15-18,39H2,1-3H3/t19-,24?,25-,26-,28-,29-,31+,32-,33-,34-,35-,36+/m0/s1. The largest absolute Gasteiger partial charge is 0.399 e. The second-order valence-corrected chi connectivity index (χ2v) is 14.2. The minimum absolute atomic E-state index is 0.0772. The van der Waals surface area contributed by atoms with Gasteiger partial charge in [0, 0.05) is 33.9 Å². The molecule has 3 saturated carbocycles. The summed E-state index contributed by atoms with van der Waals surface area (Å²) < 4.78 is 46.5. The normalized spacial score (nSPS) is 43.9. The molecular formula is C36H41F2NO6. The molecule has 1 heterocycles. The van der Waals surface area contributed by atoms with E-state index in [1.807, 2.05) is 48.5 Å². The first-order valence-electron chi connectivity index (χ1n) is 15.8. The molecule has 1 aliphatic heterocycles. The van der Waals surface area contributed by atoms with Crippen molar-refractivity contribution in [2.45, 2.75) is 88.0 Å². The number of carbonyl (C=O) groups is 1. The average Bonchev–Trinajstić information content (AvgIpc) is 3.52. The third-order valence-electron chi connectivity index (χ3n) is 12.1. The van der Waals surface area contributed by atoms with Gasteiger partial charge in [0.05, 0.1) is 18.3 Å². The zero-order chi connectivity index (χ0) is 32.1. The Morgan fingerprint density at radius 3 is 2.51 bits per heavy atom. The van der Waals surface area contributed by atoms with Crippen LogP contribution in [0, 0.1) is 22.7 Å². The summed E-state index contributed by atoms with van der Waals surface area (Å²) in [4.78, 5) is 13.8. The van der Waals surface area contributed by atoms with E-state index in [0.29, 0.717) is 11.3 Å². The maximum Gasteiger partial charge on any atom is 0.193 e. The molecule has 0 bridgehead atoms. The van der Waals surface area contributed by atoms with Gasteiger partial charge in [-0.3, -0.25) is 4.79 Å². The molecule has 45 heavy (non-hydrogen) atoms. The highest BCUT2D eigenvalue weighted by Crippen LogP contribution is 2.72. The van der Waals surface area contributed by atoms with Gasteiger partial charge in [-0.15, -0.1) is 0 Å². The highest BCUT2D eigenvalue weighted by molar-refractivity contribution is 5.91. The van der Waals surface area contributed by atoms with Crippen LogP contribution in [0.5, 0.6) is 0 Å². The molecule has 1 saturated heterocycles. The van der Waals surface area contributed by atoms with Crippen LogP contribution in [0.3, 0.4) is 0 Å². The van der Waals surface area contributed by atoms with Crippen molar-refractivity contribution in [3.8, 4) is 0 Å². The summed E-state index contributed by atoms with van der Waals surface area (Å²) in [6.07, 6.45) is -1.76. The number of ketones is 1. The first kappa shape index (κ1) is 30.7. The lowest BCUT2D eigenvalue weighted by molar-refractivity contribution is -0.235. The first-order valence-corrected chi connectivity index (χ1v) is 15.8. The molecule has 2 aromatic carbocycles. The van der Waals surface area contributed by atoms with E-state index in [-0.39, 0.29) is 30.8 Å². The number of hydrogen-bond acceptors (Lipinski definition) is 7. The molecule has 0 radical (unpaired) electrons. The van der Waals surface area contributed by atoms with Gasteiger partial charge in [-0.25, -0.2) is 8.78 Å². The van der Waals surface area contributed by atoms with Gasteiger partial charge in [0.1, 0.15) is 12.8 Å². The molecular weight excluding hydrogens is 580 g/mol. The minimum atomic E-state index is -2.25. The van der Waals surface area contributed by atoms with E-state index in [1.165, 1.54) is 18.2 Å². The fraction of sp³-hybridized carbons (Fsp3) is 0.528. The Bertz CT molecular complexity index is 1580. The summed E-state index contributed by atoms with van der Waals surface area (Å²) >= 11 is 0. The van der Waals surface area contributed by atoms with Crippen molar-refractivity contribution >= 4 is 11.5 Å². The van der Waals surface area contributed by atoms with E-state index >= 15 is 8.78 Å². The predicted molar refractivity (Wildman–Crippen MR) is 163 cm³/mol. The molecule has 5 aliphatic rings. The second kappa shape index (κ2) is 10.3. The van der Waals surface area contributed by atoms with E-state index in [1.54, 1.807) is 13.8 Å². The maximum absolute atomic E-state index is 17.6. The molecule has 7 nitrogen and oxygen atoms in total. The van der Waals surface area contributed by atoms with Gasteiger partial charge in [-0.1, -0.05) is 62.4 Å². The van der Waals surface area contributed by atoms with Crippen molar-refractivity contribution in [1.29, 1.82) is 0 Å². The number of anilines is 1. The van der Waals surface area contributed by atoms with E-state index in [9.17, 15) is 20.1 Å². The SMILES string of the molecule is C[C@@H](c1ccc([C@H]2O[C@@H]3C[C@H]4[C@@H]5C[C@H](F)C6=CC(O)C=C[C@]6(C)[C@@]5(F)[C@@H](O)C[C@]4(C)[C@]3(C(=O)CO)O2)cc1)c1cccc(N)c1. The van der Waals surface area contributed by atoms with Crippen molar-refractivity contribution < 1.29 is 38.4 Å². The van der Waals surface area contributed by atoms with Crippen LogP contribution in [0.1, 0.15) is 68.9 Å². The molecule has 4 aliphatic carbocycles. The number of aliphatic hydroxyl groups excluding tert-OH is 3. The Balaban J connectivity index is 1.21. The molecule has 0 amide bonds. The number of aliphatic hydroxyl groups is 3. The van der Waals surface area contributed by atoms with Gasteiger partial charge in [0.15, 0.2) is 23.3 Å². The van der Waals surface area contributed by atoms with Gasteiger partial charge in [-0.05, 0) is 67.0 Å². The van der Waals surface area contributed by atoms with Gasteiger partial charge in [0.25, 0.3) is 0 Å². The zero-order valence-corrected chi connectivity index (χ0v) is 25.7. The lowest BCUT2D eigenvalue weighted by Gasteiger charge is -2.63. The van der Waals surface area contributed by atoms with Crippen molar-refractivity contribution in [2.75, 3.05) is 12.3 Å². The number of nitrogen functional groups attached to an aromatic ring is 1. The van der Waals surface area contributed by atoms with Crippen LogP contribution in [0.15, 0.2) is 72.3 Å². The van der Waals surface area contributed by atoms with Crippen LogP contribution >= 0.6 is 0 Å². The number of hydrogen-bond donors (Lipinski definition) is 4. The number of alkyl halides is 2. The lowest BCUT2D eigenvalue weighted by atomic mass is 9.44. The minimum Gasteiger partial charge on any atom is -0.399 e. The second-order valence-electron chi connectivity index (χ2n) is 14.2. The number of rotatable bonds is 5. The number of nitrogens with two attached hydrogens (primary N) is 1. The Kier molecular flexibility index (Phi) is 7.01. The summed E-state index contributed by atoms with van der Waals surface area (Å²) in [7, 11) is 0. The third kappa shape index (κ3) is 4.00. The molecule has 7 rings (SSSR count). The van der Waals surface area contributed by atoms with E-state index in [2.05, 4.69) is 6.92 Å². The number of carbonyl (C=O) groups excluding carboxylic acids is 1. The van der Waals surface area contributed by atoms with Crippen molar-refractivity contribution in [1.82, 2.24) is 0 Å². The van der Waals surface area contributed by atoms with Gasteiger partial charge < -0.3 is 30.5 Å². The third-order valence-corrected chi connectivity index (χ3v) is 12.1. The Morgan fingerprint density at radius 2 is 1.82 bits per heavy atom. The molecule has 2 aromatic rings. The summed E-state index contributed by atoms with van der Waals surface area (Å²) in [5.74, 6) is -2.06. The molecule has 240 valence electrons. The highest BCUT2D eigenvalue weighted by Gasteiger charge is 2.80. The van der Waals surface area contributed by atoms with Crippen LogP contribution in [0.2, 0.25) is 0 Å². The molecule has 4 fully saturated rings. The van der Waals surface area contributed by atoms with Crippen LogP contribution in [-0.4, -0.2) is 63.5 Å². The molecule has 12 atom stereocenters. The highest BCUT2D eigenvalue weighted by atomic mass is 19.1. The first-order chi connectivity index (χ1) is 21.3. The Morgan fingerprint density at radius 1 is 1.09 bits per heavy atom. The summed E-state index contributed by atoms with van der Waals surface area (Å²) in [6, 6.07) is 15.4. The van der Waals surface area contributed by atoms with Crippen LogP contribution in [0.25, 0.3) is 0 Å². The van der Waals surface area contributed by atoms with Crippen molar-refractivity contribution in [3.63, 3.8) is 0 Å². The van der Waals surface area contributed by atoms with Crippen molar-refractivity contribution in [3.05, 3.63) is 89.0 Å². The van der Waals surface area contributed by atoms with Crippen LogP contribution in [0.4, 0.5) is 14.5 Å². The fourth-order valence-electron chi connectivity index (χ4n) is 9.79. The predicted octanol–water partition coefficient (Wildman–Crippen LogP) is 4.86. The van der Waals surface area contributed by atoms with Crippen LogP contribution in [-0.2, 0) is 14.3 Å². The quantitative estimate of drug-likeness (QED) is 0.278. The topological polar surface area (TPSA) is 122 Å². The van der Waals surface area contributed by atoms with Gasteiger partial charge >= 0.3 is 0 Å².